The minimum absolute atomic E-state index is 0.0782. The molecule has 2 atom stereocenters. The van der Waals surface area contributed by atoms with Crippen molar-refractivity contribution in [2.75, 3.05) is 6.54 Å². The van der Waals surface area contributed by atoms with Crippen molar-refractivity contribution in [3.8, 4) is 0 Å². The van der Waals surface area contributed by atoms with Crippen LogP contribution in [0.3, 0.4) is 0 Å². The van der Waals surface area contributed by atoms with E-state index >= 15 is 0 Å². The van der Waals surface area contributed by atoms with Crippen LogP contribution in [0, 0.1) is 6.92 Å². The summed E-state index contributed by atoms with van der Waals surface area (Å²) < 4.78 is 24.9. The average Bonchev–Trinajstić information content (AvgIpc) is 2.85. The monoisotopic (exact) mass is 313 g/mol. The van der Waals surface area contributed by atoms with Crippen molar-refractivity contribution in [1.29, 1.82) is 0 Å². The number of nitrogens with zero attached hydrogens (tertiary/aromatic N) is 1. The lowest BCUT2D eigenvalue weighted by molar-refractivity contribution is -0.141. The van der Waals surface area contributed by atoms with Gasteiger partial charge in [0, 0.05) is 6.54 Å². The fraction of sp³-hybridized carbons (Fsp3) is 0.385. The van der Waals surface area contributed by atoms with Gasteiger partial charge >= 0.3 is 12.1 Å². The lowest BCUT2D eigenvalue weighted by Gasteiger charge is -2.16. The SMILES string of the molecule is Cc1ccc(S(=O)(=O)[C@H]2C[C@@H](C(=O)O)N(C(=O)O)C2)cc1. The van der Waals surface area contributed by atoms with Gasteiger partial charge in [0.15, 0.2) is 9.84 Å². The Bertz CT molecular complexity index is 644. The van der Waals surface area contributed by atoms with Gasteiger partial charge in [-0.05, 0) is 25.5 Å². The number of aliphatic carboxylic acids is 1. The number of benzene rings is 1. The number of sulfone groups is 1. The second kappa shape index (κ2) is 5.36. The molecule has 8 heteroatoms. The molecule has 0 bridgehead atoms. The third-order valence-electron chi connectivity index (χ3n) is 3.58. The van der Waals surface area contributed by atoms with Crippen molar-refractivity contribution in [3.05, 3.63) is 29.8 Å². The molecule has 0 aromatic heterocycles. The fourth-order valence-corrected chi connectivity index (χ4v) is 4.08. The molecule has 1 amide bonds. The Balaban J connectivity index is 2.32. The van der Waals surface area contributed by atoms with Crippen LogP contribution in [-0.4, -0.2) is 53.4 Å². The van der Waals surface area contributed by atoms with E-state index < -0.39 is 33.2 Å². The van der Waals surface area contributed by atoms with Crippen molar-refractivity contribution in [1.82, 2.24) is 4.90 Å². The maximum atomic E-state index is 12.5. The van der Waals surface area contributed by atoms with Gasteiger partial charge in [0.2, 0.25) is 0 Å². The van der Waals surface area contributed by atoms with Gasteiger partial charge in [0.25, 0.3) is 0 Å². The zero-order chi connectivity index (χ0) is 15.8. The van der Waals surface area contributed by atoms with Gasteiger partial charge in [0.1, 0.15) is 6.04 Å². The number of carboxylic acids is 1. The zero-order valence-corrected chi connectivity index (χ0v) is 12.1. The fourth-order valence-electron chi connectivity index (χ4n) is 2.39. The Kier molecular flexibility index (Phi) is 3.91. The second-order valence-electron chi connectivity index (χ2n) is 5.00. The van der Waals surface area contributed by atoms with Crippen LogP contribution >= 0.6 is 0 Å². The highest BCUT2D eigenvalue weighted by atomic mass is 32.2. The number of carbonyl (C=O) groups is 2. The van der Waals surface area contributed by atoms with Crippen LogP contribution in [0.2, 0.25) is 0 Å². The average molecular weight is 313 g/mol. The molecular formula is C13H15NO6S. The normalized spacial score (nSPS) is 22.2. The van der Waals surface area contributed by atoms with Crippen LogP contribution in [0.4, 0.5) is 4.79 Å². The zero-order valence-electron chi connectivity index (χ0n) is 11.3. The molecule has 114 valence electrons. The highest BCUT2D eigenvalue weighted by Gasteiger charge is 2.45. The van der Waals surface area contributed by atoms with E-state index in [0.717, 1.165) is 5.56 Å². The standard InChI is InChI=1S/C13H15NO6S/c1-8-2-4-9(5-3-8)21(19,20)10-6-11(12(15)16)14(7-10)13(17)18/h2-5,10-11H,6-7H2,1H3,(H,15,16)(H,17,18)/t10-,11-/m0/s1. The number of hydrogen-bond donors (Lipinski definition) is 2. The lowest BCUT2D eigenvalue weighted by atomic mass is 10.2. The number of carboxylic acid groups (broad SMARTS) is 2. The van der Waals surface area contributed by atoms with E-state index in [1.165, 1.54) is 12.1 Å². The summed E-state index contributed by atoms with van der Waals surface area (Å²) in [6, 6.07) is 4.86. The van der Waals surface area contributed by atoms with Gasteiger partial charge in [-0.15, -0.1) is 0 Å². The molecule has 0 spiro atoms. The smallest absolute Gasteiger partial charge is 0.408 e. The molecule has 2 N–H and O–H groups in total. The molecule has 1 heterocycles. The van der Waals surface area contributed by atoms with Crippen LogP contribution in [0.5, 0.6) is 0 Å². The Morgan fingerprint density at radius 2 is 1.76 bits per heavy atom. The quantitative estimate of drug-likeness (QED) is 0.860. The summed E-state index contributed by atoms with van der Waals surface area (Å²) in [6.45, 7) is 1.49. The highest BCUT2D eigenvalue weighted by Crippen LogP contribution is 2.28. The number of hydrogen-bond acceptors (Lipinski definition) is 4. The van der Waals surface area contributed by atoms with Crippen molar-refractivity contribution in [3.63, 3.8) is 0 Å². The molecule has 2 rings (SSSR count). The minimum Gasteiger partial charge on any atom is -0.480 e. The van der Waals surface area contributed by atoms with Gasteiger partial charge < -0.3 is 10.2 Å². The van der Waals surface area contributed by atoms with E-state index in [9.17, 15) is 18.0 Å². The number of aryl methyl sites for hydroxylation is 1. The summed E-state index contributed by atoms with van der Waals surface area (Å²) in [5, 5.41) is 17.0. The first-order valence-corrected chi connectivity index (χ1v) is 7.81. The number of likely N-dealkylation sites (tertiary alicyclic amines) is 1. The number of rotatable bonds is 3. The van der Waals surface area contributed by atoms with Crippen LogP contribution in [-0.2, 0) is 14.6 Å². The first kappa shape index (κ1) is 15.3. The molecule has 21 heavy (non-hydrogen) atoms. The summed E-state index contributed by atoms with van der Waals surface area (Å²) >= 11 is 0. The molecular weight excluding hydrogens is 298 g/mol. The van der Waals surface area contributed by atoms with E-state index in [2.05, 4.69) is 0 Å². The van der Waals surface area contributed by atoms with E-state index in [4.69, 9.17) is 10.2 Å². The predicted molar refractivity (Wildman–Crippen MR) is 72.9 cm³/mol. The molecule has 1 aliphatic rings. The summed E-state index contributed by atoms with van der Waals surface area (Å²) in [6.07, 6.45) is -1.67. The summed E-state index contributed by atoms with van der Waals surface area (Å²) in [4.78, 5) is 22.9. The first-order chi connectivity index (χ1) is 9.73. The van der Waals surface area contributed by atoms with Gasteiger partial charge in [-0.3, -0.25) is 4.90 Å². The van der Waals surface area contributed by atoms with Crippen LogP contribution in [0.1, 0.15) is 12.0 Å². The van der Waals surface area contributed by atoms with Crippen LogP contribution in [0.25, 0.3) is 0 Å². The van der Waals surface area contributed by atoms with Gasteiger partial charge in [-0.2, -0.15) is 0 Å². The Morgan fingerprint density at radius 3 is 2.19 bits per heavy atom. The largest absolute Gasteiger partial charge is 0.480 e. The molecule has 1 saturated heterocycles. The van der Waals surface area contributed by atoms with E-state index in [1.807, 2.05) is 6.92 Å². The molecule has 0 saturated carbocycles. The first-order valence-electron chi connectivity index (χ1n) is 6.26. The van der Waals surface area contributed by atoms with E-state index in [1.54, 1.807) is 12.1 Å². The minimum atomic E-state index is -3.76. The van der Waals surface area contributed by atoms with Crippen LogP contribution < -0.4 is 0 Å². The molecule has 7 nitrogen and oxygen atoms in total. The van der Waals surface area contributed by atoms with Crippen molar-refractivity contribution in [2.45, 2.75) is 29.5 Å². The Morgan fingerprint density at radius 1 is 1.19 bits per heavy atom. The molecule has 0 radical (unpaired) electrons. The Hall–Kier alpha value is -2.09. The summed E-state index contributed by atoms with van der Waals surface area (Å²) in [5.74, 6) is -1.33. The summed E-state index contributed by atoms with van der Waals surface area (Å²) in [5.41, 5.74) is 0.899. The molecule has 0 aliphatic carbocycles. The highest BCUT2D eigenvalue weighted by molar-refractivity contribution is 7.92. The predicted octanol–water partition coefficient (Wildman–Crippen LogP) is 0.974. The van der Waals surface area contributed by atoms with Crippen molar-refractivity contribution >= 4 is 21.9 Å². The lowest BCUT2D eigenvalue weighted by Crippen LogP contribution is -2.39. The topological polar surface area (TPSA) is 112 Å². The maximum Gasteiger partial charge on any atom is 0.408 e. The molecule has 0 unspecified atom stereocenters. The third kappa shape index (κ3) is 2.85. The second-order valence-corrected chi connectivity index (χ2v) is 7.23. The number of amides is 1. The van der Waals surface area contributed by atoms with Gasteiger partial charge in [0.05, 0.1) is 10.1 Å². The van der Waals surface area contributed by atoms with Crippen LogP contribution in [0.15, 0.2) is 29.2 Å². The van der Waals surface area contributed by atoms with E-state index in [-0.39, 0.29) is 17.9 Å². The van der Waals surface area contributed by atoms with Crippen molar-refractivity contribution in [2.24, 2.45) is 0 Å². The third-order valence-corrected chi connectivity index (χ3v) is 5.73. The molecule has 1 aliphatic heterocycles. The molecule has 1 aromatic carbocycles. The summed E-state index contributed by atoms with van der Waals surface area (Å²) in [7, 11) is -3.76. The van der Waals surface area contributed by atoms with Gasteiger partial charge in [-0.1, -0.05) is 17.7 Å². The van der Waals surface area contributed by atoms with Gasteiger partial charge in [-0.25, -0.2) is 18.0 Å². The Labute approximate surface area is 121 Å². The van der Waals surface area contributed by atoms with E-state index in [0.29, 0.717) is 4.90 Å². The molecule has 1 aromatic rings. The molecule has 1 fully saturated rings. The van der Waals surface area contributed by atoms with Crippen molar-refractivity contribution < 1.29 is 28.2 Å². The maximum absolute atomic E-state index is 12.5.